The molecule has 0 atom stereocenters. The highest BCUT2D eigenvalue weighted by atomic mass is 31.1. The van der Waals surface area contributed by atoms with Crippen LogP contribution in [0.25, 0.3) is 0 Å². The lowest BCUT2D eigenvalue weighted by Gasteiger charge is -2.23. The van der Waals surface area contributed by atoms with E-state index in [2.05, 4.69) is 32.6 Å². The molecule has 0 bridgehead atoms. The van der Waals surface area contributed by atoms with Gasteiger partial charge in [0, 0.05) is 6.29 Å². The van der Waals surface area contributed by atoms with Crippen LogP contribution in [0.1, 0.15) is 41.5 Å². The van der Waals surface area contributed by atoms with Crippen molar-refractivity contribution in [1.82, 2.24) is 4.90 Å². The summed E-state index contributed by atoms with van der Waals surface area (Å²) in [5.74, 6) is 0. The summed E-state index contributed by atoms with van der Waals surface area (Å²) in [5.41, 5.74) is 0. The summed E-state index contributed by atoms with van der Waals surface area (Å²) < 4.78 is 0. The Bertz CT molecular complexity index is 68.2. The Kier molecular flexibility index (Phi) is 15.1. The van der Waals surface area contributed by atoms with E-state index in [1.165, 1.54) is 31.7 Å². The monoisotopic (exact) mass is 205 g/mol. The second kappa shape index (κ2) is 12.4. The molecule has 0 aromatic heterocycles. The standard InChI is InChI=1S/C9H22NP.C2H6/c1-5-10(6-2)9-11(7-3)8-4;1-2/h5-9H2,1-4H3;1-2H3. The Morgan fingerprint density at radius 1 is 0.846 bits per heavy atom. The van der Waals surface area contributed by atoms with Crippen molar-refractivity contribution in [1.29, 1.82) is 0 Å². The second-order valence-electron chi connectivity index (χ2n) is 2.75. The van der Waals surface area contributed by atoms with Crippen LogP contribution in [0.4, 0.5) is 0 Å². The SMILES string of the molecule is CC.CCN(CC)CP(CC)CC. The van der Waals surface area contributed by atoms with Gasteiger partial charge >= 0.3 is 0 Å². The first-order valence-electron chi connectivity index (χ1n) is 5.73. The van der Waals surface area contributed by atoms with Gasteiger partial charge in [0.25, 0.3) is 0 Å². The van der Waals surface area contributed by atoms with Gasteiger partial charge in [0.15, 0.2) is 0 Å². The average Bonchev–Trinajstić information content (AvgIpc) is 2.23. The molecular formula is C11H28NP. The third kappa shape index (κ3) is 8.71. The lowest BCUT2D eigenvalue weighted by Crippen LogP contribution is -2.23. The van der Waals surface area contributed by atoms with Crippen LogP contribution < -0.4 is 0 Å². The van der Waals surface area contributed by atoms with E-state index in [0.717, 1.165) is 0 Å². The first-order chi connectivity index (χ1) is 6.28. The van der Waals surface area contributed by atoms with E-state index < -0.39 is 0 Å². The Morgan fingerprint density at radius 3 is 1.46 bits per heavy atom. The highest BCUT2D eigenvalue weighted by Crippen LogP contribution is 2.34. The molecule has 2 heteroatoms. The molecule has 0 aliphatic carbocycles. The van der Waals surface area contributed by atoms with Gasteiger partial charge in [0.2, 0.25) is 0 Å². The molecule has 0 amide bonds. The van der Waals surface area contributed by atoms with E-state index in [9.17, 15) is 0 Å². The van der Waals surface area contributed by atoms with Gasteiger partial charge in [-0.2, -0.15) is 0 Å². The fourth-order valence-electron chi connectivity index (χ4n) is 1.13. The molecule has 0 unspecified atom stereocenters. The molecule has 1 nitrogen and oxygen atoms in total. The zero-order valence-corrected chi connectivity index (χ0v) is 11.3. The maximum atomic E-state index is 2.54. The molecule has 0 saturated heterocycles. The number of hydrogen-bond acceptors (Lipinski definition) is 1. The normalized spacial score (nSPS) is 10.2. The molecule has 0 N–H and O–H groups in total. The maximum Gasteiger partial charge on any atom is 0.0183 e. The molecule has 0 aliphatic heterocycles. The number of nitrogens with zero attached hydrogens (tertiary/aromatic N) is 1. The van der Waals surface area contributed by atoms with Crippen molar-refractivity contribution in [3.63, 3.8) is 0 Å². The minimum atomic E-state index is 0.319. The summed E-state index contributed by atoms with van der Waals surface area (Å²) in [6, 6.07) is 0. The van der Waals surface area contributed by atoms with Crippen molar-refractivity contribution < 1.29 is 0 Å². The quantitative estimate of drug-likeness (QED) is 0.596. The highest BCUT2D eigenvalue weighted by Gasteiger charge is 2.06. The summed E-state index contributed by atoms with van der Waals surface area (Å²) in [4.78, 5) is 2.54. The van der Waals surface area contributed by atoms with Crippen molar-refractivity contribution in [2.24, 2.45) is 0 Å². The van der Waals surface area contributed by atoms with Crippen LogP contribution in [0, 0.1) is 0 Å². The average molecular weight is 205 g/mol. The van der Waals surface area contributed by atoms with E-state index in [0.29, 0.717) is 7.92 Å². The van der Waals surface area contributed by atoms with Gasteiger partial charge in [0.05, 0.1) is 0 Å². The zero-order valence-electron chi connectivity index (χ0n) is 10.4. The Morgan fingerprint density at radius 2 is 1.23 bits per heavy atom. The molecule has 0 aromatic carbocycles. The van der Waals surface area contributed by atoms with Crippen LogP contribution in [0.3, 0.4) is 0 Å². The zero-order chi connectivity index (χ0) is 10.7. The van der Waals surface area contributed by atoms with Crippen molar-refractivity contribution >= 4 is 7.92 Å². The molecule has 0 aromatic rings. The van der Waals surface area contributed by atoms with Crippen LogP contribution in [-0.4, -0.2) is 36.6 Å². The van der Waals surface area contributed by atoms with Crippen LogP contribution in [0.5, 0.6) is 0 Å². The first kappa shape index (κ1) is 15.8. The van der Waals surface area contributed by atoms with Crippen molar-refractivity contribution in [3.05, 3.63) is 0 Å². The fourth-order valence-corrected chi connectivity index (χ4v) is 2.94. The van der Waals surface area contributed by atoms with Gasteiger partial charge in [-0.05, 0) is 25.4 Å². The van der Waals surface area contributed by atoms with Crippen LogP contribution in [0.2, 0.25) is 0 Å². The largest absolute Gasteiger partial charge is 0.300 e. The van der Waals surface area contributed by atoms with Gasteiger partial charge in [0.1, 0.15) is 0 Å². The van der Waals surface area contributed by atoms with Crippen molar-refractivity contribution in [2.75, 3.05) is 31.7 Å². The Hall–Kier alpha value is 0.390. The molecule has 13 heavy (non-hydrogen) atoms. The van der Waals surface area contributed by atoms with E-state index in [1.54, 1.807) is 0 Å². The van der Waals surface area contributed by atoms with Crippen LogP contribution in [0.15, 0.2) is 0 Å². The van der Waals surface area contributed by atoms with Gasteiger partial charge < -0.3 is 0 Å². The molecule has 0 fully saturated rings. The minimum absolute atomic E-state index is 0.319. The number of rotatable bonds is 6. The van der Waals surface area contributed by atoms with Gasteiger partial charge in [-0.1, -0.05) is 49.5 Å². The first-order valence-corrected chi connectivity index (χ1v) is 7.62. The Labute approximate surface area is 86.7 Å². The van der Waals surface area contributed by atoms with Gasteiger partial charge in [-0.25, -0.2) is 0 Å². The molecule has 82 valence electrons. The summed E-state index contributed by atoms with van der Waals surface area (Å²) in [5, 5.41) is 0. The lowest BCUT2D eigenvalue weighted by atomic mass is 10.6. The third-order valence-electron chi connectivity index (χ3n) is 2.19. The van der Waals surface area contributed by atoms with E-state index >= 15 is 0 Å². The lowest BCUT2D eigenvalue weighted by molar-refractivity contribution is 0.355. The van der Waals surface area contributed by atoms with Gasteiger partial charge in [-0.15, -0.1) is 0 Å². The van der Waals surface area contributed by atoms with Gasteiger partial charge in [-0.3, -0.25) is 4.90 Å². The number of hydrogen-bond donors (Lipinski definition) is 0. The third-order valence-corrected chi connectivity index (χ3v) is 4.78. The summed E-state index contributed by atoms with van der Waals surface area (Å²) >= 11 is 0. The predicted octanol–water partition coefficient (Wildman–Crippen LogP) is 3.83. The van der Waals surface area contributed by atoms with Crippen LogP contribution in [-0.2, 0) is 0 Å². The van der Waals surface area contributed by atoms with Crippen molar-refractivity contribution in [2.45, 2.75) is 41.5 Å². The molecular weight excluding hydrogens is 177 g/mol. The minimum Gasteiger partial charge on any atom is -0.300 e. The maximum absolute atomic E-state index is 2.54. The van der Waals surface area contributed by atoms with Crippen LogP contribution >= 0.6 is 7.92 Å². The summed E-state index contributed by atoms with van der Waals surface area (Å²) in [6.45, 7) is 15.6. The fraction of sp³-hybridized carbons (Fsp3) is 1.00. The summed E-state index contributed by atoms with van der Waals surface area (Å²) in [6.07, 6.45) is 4.14. The smallest absolute Gasteiger partial charge is 0.0183 e. The molecule has 0 radical (unpaired) electrons. The molecule has 0 heterocycles. The molecule has 0 aliphatic rings. The van der Waals surface area contributed by atoms with E-state index in [1.807, 2.05) is 13.8 Å². The summed E-state index contributed by atoms with van der Waals surface area (Å²) in [7, 11) is 0.319. The molecule has 0 saturated carbocycles. The molecule has 0 spiro atoms. The molecule has 0 rings (SSSR count). The van der Waals surface area contributed by atoms with E-state index in [-0.39, 0.29) is 0 Å². The van der Waals surface area contributed by atoms with Crippen molar-refractivity contribution in [3.8, 4) is 0 Å². The van der Waals surface area contributed by atoms with E-state index in [4.69, 9.17) is 0 Å². The highest BCUT2D eigenvalue weighted by molar-refractivity contribution is 7.57. The topological polar surface area (TPSA) is 3.24 Å². The predicted molar refractivity (Wildman–Crippen MR) is 67.1 cm³/mol. The second-order valence-corrected chi connectivity index (χ2v) is 5.64. The Balaban J connectivity index is 0.